The molecule has 124 heavy (non-hydrogen) atoms. The summed E-state index contributed by atoms with van der Waals surface area (Å²) in [6.07, 6.45) is 0.528. The summed E-state index contributed by atoms with van der Waals surface area (Å²) in [5, 5.41) is 1.27. The van der Waals surface area contributed by atoms with Crippen molar-refractivity contribution in [1.82, 2.24) is 43.4 Å². The number of hydrogen-bond donors (Lipinski definition) is 3. The number of halogens is 4. The van der Waals surface area contributed by atoms with Crippen LogP contribution in [0.5, 0.6) is 0 Å². The number of carbonyl (C=O) groups excluding carboxylic acids is 5. The first kappa shape index (κ1) is 89.1. The Balaban J connectivity index is 0.000000160. The van der Waals surface area contributed by atoms with E-state index in [1.165, 1.54) is 105 Å². The second kappa shape index (κ2) is 38.4. The van der Waals surface area contributed by atoms with Crippen molar-refractivity contribution in [3.63, 3.8) is 0 Å². The van der Waals surface area contributed by atoms with Crippen LogP contribution in [0.2, 0.25) is 5.22 Å². The maximum absolute atomic E-state index is 14.3. The topological polar surface area (TPSA) is 349 Å². The van der Waals surface area contributed by atoms with Gasteiger partial charge in [-0.25, -0.2) is 37.7 Å². The number of nitrogens with zero attached hydrogens (tertiary/aromatic N) is 9. The number of rotatable bonds is 27. The third-order valence-corrected chi connectivity index (χ3v) is 23.4. The summed E-state index contributed by atoms with van der Waals surface area (Å²) in [6, 6.07) is 41.8. The quantitative estimate of drug-likeness (QED) is 0.0403. The van der Waals surface area contributed by atoms with Crippen LogP contribution >= 0.6 is 34.3 Å². The normalized spacial score (nSPS) is 12.3. The van der Waals surface area contributed by atoms with Gasteiger partial charge in [-0.05, 0) is 190 Å². The molecular weight excluding hydrogens is 1650 g/mol. The predicted octanol–water partition coefficient (Wildman–Crippen LogP) is 16.6. The highest BCUT2D eigenvalue weighted by Crippen LogP contribution is 2.39. The highest BCUT2D eigenvalue weighted by Gasteiger charge is 2.38. The maximum Gasteiger partial charge on any atom is 0.348 e. The molecule has 0 bridgehead atoms. The number of esters is 2. The Morgan fingerprint density at radius 1 is 0.427 bits per heavy atom. The molecule has 644 valence electrons. The number of benzene rings is 6. The molecule has 0 saturated heterocycles. The number of thiophene rings is 2. The van der Waals surface area contributed by atoms with Crippen molar-refractivity contribution in [2.75, 3.05) is 53.5 Å². The van der Waals surface area contributed by atoms with E-state index in [-0.39, 0.29) is 120 Å². The molecule has 6 N–H and O–H groups in total. The van der Waals surface area contributed by atoms with E-state index in [0.717, 1.165) is 16.7 Å². The highest BCUT2D eigenvalue weighted by molar-refractivity contribution is 7.14. The fourth-order valence-corrected chi connectivity index (χ4v) is 17.1. The van der Waals surface area contributed by atoms with Crippen LogP contribution in [-0.2, 0) is 29.1 Å². The van der Waals surface area contributed by atoms with Crippen molar-refractivity contribution in [3.8, 4) is 0 Å². The Morgan fingerprint density at radius 3 is 1.04 bits per heavy atom. The van der Waals surface area contributed by atoms with E-state index in [1.54, 1.807) is 87.5 Å². The minimum Gasteiger partial charge on any atom is -0.465 e. The van der Waals surface area contributed by atoms with Crippen LogP contribution in [0, 0.1) is 56.0 Å². The van der Waals surface area contributed by atoms with Crippen LogP contribution in [0.3, 0.4) is 0 Å². The molecule has 3 amide bonds. The monoisotopic (exact) mass is 1740 g/mol. The van der Waals surface area contributed by atoms with Gasteiger partial charge in [0.1, 0.15) is 83.7 Å². The van der Waals surface area contributed by atoms with E-state index in [1.807, 2.05) is 98.7 Å². The molecular formula is C92H92ClF3N12O14S2. The molecule has 26 nitrogen and oxygen atoms in total. The lowest BCUT2D eigenvalue weighted by Gasteiger charge is -2.35. The molecule has 0 fully saturated rings. The number of furan rings is 4. The Bertz CT molecular complexity index is 6680. The summed E-state index contributed by atoms with van der Waals surface area (Å²) in [6.45, 7) is 19.1. The third kappa shape index (κ3) is 18.8. The predicted molar refractivity (Wildman–Crippen MR) is 471 cm³/mol. The standard InChI is InChI=1S/C32H33FN4O5S.C31H31FN4O5S.C29H28ClFN4O4/c1-18(2)27(36(15-5-14-34)30(38)20-8-6-19(3)7-9-20)29-35-26-23-16-21(33)10-12-24(23)42-28(26)31(39)37(29)17-22-11-13-25(43-22)32(40)41-4;1-17(2)26(35(14-13-33)29(37)19-7-5-18(3)6-8-19)28-34-25-22-15-20(32)9-11-23(22)41-27(25)30(38)36(28)16-21-10-12-24(42-21)31(39)40-4;1-16(2)25(34(13-12-32)28(36)18-6-4-17(3)5-7-18)27-33-24-21-14-19(31)8-10-22(21)39-26(24)29(37)35(27)15-20-9-11-23(30)38-20/h6-13,16,18,27H,5,14-15,17,34H2,1-4H3;5-12,15,17,26H,13-14,16,33H2,1-4H3;4-11,14,16,25H,12-13,15,32H2,1-3H3. The van der Waals surface area contributed by atoms with Crippen LogP contribution in [0.25, 0.3) is 66.2 Å². The van der Waals surface area contributed by atoms with Gasteiger partial charge < -0.3 is 59.0 Å². The van der Waals surface area contributed by atoms with Crippen molar-refractivity contribution in [2.45, 2.75) is 106 Å². The summed E-state index contributed by atoms with van der Waals surface area (Å²) in [4.78, 5) is 130. The number of aromatic nitrogens is 6. The van der Waals surface area contributed by atoms with Crippen LogP contribution in [0.1, 0.15) is 166 Å². The van der Waals surface area contributed by atoms with E-state index < -0.39 is 64.2 Å². The number of ether oxygens (including phenoxy) is 2. The number of fused-ring (bicyclic) bond motifs is 9. The van der Waals surface area contributed by atoms with E-state index in [4.69, 9.17) is 70.9 Å². The van der Waals surface area contributed by atoms with Gasteiger partial charge in [0.25, 0.3) is 34.4 Å². The second-order valence-electron chi connectivity index (χ2n) is 30.9. The fraction of sp³-hybridized carbons (Fsp3) is 0.293. The highest BCUT2D eigenvalue weighted by atomic mass is 35.5. The average Bonchev–Trinajstić information content (AvgIpc) is 1.59. The van der Waals surface area contributed by atoms with Gasteiger partial charge in [0.2, 0.25) is 16.7 Å². The first-order chi connectivity index (χ1) is 59.4. The lowest BCUT2D eigenvalue weighted by atomic mass is 9.99. The molecule has 6 aromatic carbocycles. The smallest absolute Gasteiger partial charge is 0.348 e. The largest absolute Gasteiger partial charge is 0.465 e. The molecule has 0 aliphatic carbocycles. The zero-order valence-electron chi connectivity index (χ0n) is 69.9. The summed E-state index contributed by atoms with van der Waals surface area (Å²) in [7, 11) is 2.61. The Kier molecular flexibility index (Phi) is 27.6. The molecule has 0 spiro atoms. The fourth-order valence-electron chi connectivity index (χ4n) is 15.1. The van der Waals surface area contributed by atoms with Crippen molar-refractivity contribution in [2.24, 2.45) is 35.0 Å². The maximum atomic E-state index is 14.3. The molecule has 0 saturated carbocycles. The molecule has 0 radical (unpaired) electrons. The average molecular weight is 1750 g/mol. The Morgan fingerprint density at radius 2 is 0.750 bits per heavy atom. The lowest BCUT2D eigenvalue weighted by molar-refractivity contribution is 0.0596. The lowest BCUT2D eigenvalue weighted by Crippen LogP contribution is -2.43. The number of amides is 3. The van der Waals surface area contributed by atoms with Crippen LogP contribution in [-0.4, -0.2) is 127 Å². The minimum absolute atomic E-state index is 0.00631. The summed E-state index contributed by atoms with van der Waals surface area (Å²) >= 11 is 8.39. The third-order valence-electron chi connectivity index (χ3n) is 21.1. The first-order valence-corrected chi connectivity index (χ1v) is 42.1. The van der Waals surface area contributed by atoms with E-state index in [2.05, 4.69) is 0 Å². The van der Waals surface area contributed by atoms with Gasteiger partial charge in [0.15, 0.2) is 5.22 Å². The minimum atomic E-state index is -0.682. The van der Waals surface area contributed by atoms with Gasteiger partial charge in [-0.1, -0.05) is 94.6 Å². The number of nitrogens with two attached hydrogens (primary N) is 3. The summed E-state index contributed by atoms with van der Waals surface area (Å²) in [5.41, 5.74) is 22.5. The van der Waals surface area contributed by atoms with Gasteiger partial charge >= 0.3 is 11.9 Å². The molecule has 32 heteroatoms. The molecule has 3 atom stereocenters. The van der Waals surface area contributed by atoms with Gasteiger partial charge in [-0.15, -0.1) is 22.7 Å². The zero-order valence-corrected chi connectivity index (χ0v) is 72.3. The van der Waals surface area contributed by atoms with Crippen LogP contribution in [0.15, 0.2) is 196 Å². The Hall–Kier alpha value is -12.7. The SMILES string of the molecule is COC(=O)c1ccc(Cn2c(C(C(C)C)N(CCCN)C(=O)c3ccc(C)cc3)nc3c(oc4ccc(F)cc43)c2=O)s1.COC(=O)c1ccc(Cn2c(C(C(C)C)N(CCN)C(=O)c3ccc(C)cc3)nc3c(oc4ccc(F)cc43)c2=O)s1.Cc1ccc(C(=O)N(CCN)C(c2nc3c(oc4ccc(F)cc43)c(=O)n2Cc2ccc(Cl)o2)C(C)C)cc1. The van der Waals surface area contributed by atoms with E-state index in [0.29, 0.717) is 112 Å². The van der Waals surface area contributed by atoms with Gasteiger partial charge in [0, 0.05) is 75.3 Å². The molecule has 0 aliphatic heterocycles. The van der Waals surface area contributed by atoms with Gasteiger partial charge in [-0.3, -0.25) is 42.5 Å². The zero-order chi connectivity index (χ0) is 88.8. The van der Waals surface area contributed by atoms with Crippen molar-refractivity contribution < 1.29 is 64.3 Å². The summed E-state index contributed by atoms with van der Waals surface area (Å²) in [5.74, 6) is -2.38. The van der Waals surface area contributed by atoms with Crippen molar-refractivity contribution in [3.05, 3.63) is 294 Å². The molecule has 0 aliphatic rings. The van der Waals surface area contributed by atoms with E-state index >= 15 is 0 Å². The number of aryl methyl sites for hydroxylation is 3. The molecule has 15 aromatic rings. The van der Waals surface area contributed by atoms with E-state index in [9.17, 15) is 51.5 Å². The summed E-state index contributed by atoms with van der Waals surface area (Å²) < 4.78 is 80.0. The molecule has 15 rings (SSSR count). The van der Waals surface area contributed by atoms with Gasteiger partial charge in [0.05, 0.1) is 52.0 Å². The van der Waals surface area contributed by atoms with Crippen LogP contribution in [0.4, 0.5) is 13.2 Å². The molecule has 9 aromatic heterocycles. The van der Waals surface area contributed by atoms with Crippen molar-refractivity contribution in [1.29, 1.82) is 0 Å². The number of carbonyl (C=O) groups is 5. The molecule has 3 unspecified atom stereocenters. The van der Waals surface area contributed by atoms with Crippen LogP contribution < -0.4 is 33.9 Å². The second-order valence-corrected chi connectivity index (χ2v) is 33.7. The van der Waals surface area contributed by atoms with Gasteiger partial charge in [-0.2, -0.15) is 0 Å². The Labute approximate surface area is 722 Å². The van der Waals surface area contributed by atoms with Crippen molar-refractivity contribution >= 4 is 130 Å². The molecule has 9 heterocycles. The number of methoxy groups -OCH3 is 2. The number of hydrogen-bond acceptors (Lipinski definition) is 22. The first-order valence-electron chi connectivity index (χ1n) is 40.1.